The van der Waals surface area contributed by atoms with E-state index in [4.69, 9.17) is 16.3 Å². The van der Waals surface area contributed by atoms with E-state index < -0.39 is 0 Å². The number of thiophene rings is 1. The Balaban J connectivity index is 1.68. The number of morpholine rings is 1. The van der Waals surface area contributed by atoms with Crippen molar-refractivity contribution in [3.05, 3.63) is 45.6 Å². The molecule has 1 saturated heterocycles. The number of nitrogens with zero attached hydrogens (tertiary/aromatic N) is 2. The maximum absolute atomic E-state index is 5.89. The Bertz CT molecular complexity index is 588. The topological polar surface area (TPSA) is 24.8 Å². The molecule has 2 heterocycles. The fraction of sp³-hybridized carbons (Fsp3) is 0.267. The Morgan fingerprint density at radius 2 is 1.85 bits per heavy atom. The quantitative estimate of drug-likeness (QED) is 0.801. The highest BCUT2D eigenvalue weighted by Gasteiger charge is 2.10. The summed E-state index contributed by atoms with van der Waals surface area (Å²) in [6, 6.07) is 12.2. The Morgan fingerprint density at radius 3 is 2.50 bits per heavy atom. The van der Waals surface area contributed by atoms with E-state index in [2.05, 4.69) is 22.0 Å². The van der Waals surface area contributed by atoms with Gasteiger partial charge in [-0.25, -0.2) is 0 Å². The van der Waals surface area contributed by atoms with E-state index in [1.807, 2.05) is 30.5 Å². The standard InChI is InChI=1S/C15H15ClN2OS/c16-15-6-5-14(20-15)11-17-12-1-3-13(4-2-12)18-7-9-19-10-8-18/h1-6,11H,7-10H2. The van der Waals surface area contributed by atoms with Crippen molar-refractivity contribution in [2.75, 3.05) is 31.2 Å². The highest BCUT2D eigenvalue weighted by Crippen LogP contribution is 2.23. The normalized spacial score (nSPS) is 15.9. The van der Waals surface area contributed by atoms with Crippen LogP contribution in [-0.2, 0) is 4.74 Å². The van der Waals surface area contributed by atoms with E-state index >= 15 is 0 Å². The zero-order valence-corrected chi connectivity index (χ0v) is 12.5. The first-order chi connectivity index (χ1) is 9.81. The summed E-state index contributed by atoms with van der Waals surface area (Å²) in [4.78, 5) is 7.85. The zero-order chi connectivity index (χ0) is 13.8. The monoisotopic (exact) mass is 306 g/mol. The fourth-order valence-electron chi connectivity index (χ4n) is 2.11. The lowest BCUT2D eigenvalue weighted by Crippen LogP contribution is -2.36. The molecule has 0 radical (unpaired) electrons. The van der Waals surface area contributed by atoms with Gasteiger partial charge in [-0.2, -0.15) is 0 Å². The number of anilines is 1. The van der Waals surface area contributed by atoms with Crippen LogP contribution in [0.4, 0.5) is 11.4 Å². The van der Waals surface area contributed by atoms with E-state index in [1.54, 1.807) is 0 Å². The highest BCUT2D eigenvalue weighted by atomic mass is 35.5. The maximum Gasteiger partial charge on any atom is 0.0935 e. The van der Waals surface area contributed by atoms with Crippen molar-refractivity contribution in [2.45, 2.75) is 0 Å². The van der Waals surface area contributed by atoms with Crippen LogP contribution in [0.15, 0.2) is 41.4 Å². The van der Waals surface area contributed by atoms with Gasteiger partial charge in [0.05, 0.1) is 23.2 Å². The van der Waals surface area contributed by atoms with Crippen molar-refractivity contribution in [2.24, 2.45) is 4.99 Å². The van der Waals surface area contributed by atoms with Crippen LogP contribution in [0, 0.1) is 0 Å². The lowest BCUT2D eigenvalue weighted by molar-refractivity contribution is 0.122. The summed E-state index contributed by atoms with van der Waals surface area (Å²) in [5.41, 5.74) is 2.18. The van der Waals surface area contributed by atoms with Crippen LogP contribution in [0.3, 0.4) is 0 Å². The molecule has 1 aliphatic heterocycles. The molecule has 2 aromatic rings. The number of rotatable bonds is 3. The van der Waals surface area contributed by atoms with Gasteiger partial charge in [0.2, 0.25) is 0 Å². The molecule has 5 heteroatoms. The molecule has 0 bridgehead atoms. The van der Waals surface area contributed by atoms with Gasteiger partial charge in [0.1, 0.15) is 0 Å². The first-order valence-electron chi connectivity index (χ1n) is 6.53. The van der Waals surface area contributed by atoms with Crippen molar-refractivity contribution in [1.29, 1.82) is 0 Å². The molecule has 0 atom stereocenters. The van der Waals surface area contributed by atoms with Crippen LogP contribution in [0.2, 0.25) is 4.34 Å². The molecule has 0 unspecified atom stereocenters. The molecule has 1 aliphatic rings. The second-order valence-electron chi connectivity index (χ2n) is 4.52. The molecule has 0 saturated carbocycles. The van der Waals surface area contributed by atoms with Gasteiger partial charge in [-0.3, -0.25) is 4.99 Å². The molecule has 1 aromatic carbocycles. The minimum atomic E-state index is 0.786. The average Bonchev–Trinajstić information content (AvgIpc) is 2.92. The van der Waals surface area contributed by atoms with Crippen molar-refractivity contribution in [3.8, 4) is 0 Å². The van der Waals surface area contributed by atoms with E-state index in [1.165, 1.54) is 17.0 Å². The van der Waals surface area contributed by atoms with Crippen LogP contribution in [0.5, 0.6) is 0 Å². The lowest BCUT2D eigenvalue weighted by atomic mass is 10.2. The number of hydrogen-bond donors (Lipinski definition) is 0. The Hall–Kier alpha value is -1.36. The van der Waals surface area contributed by atoms with Gasteiger partial charge in [0, 0.05) is 29.9 Å². The second-order valence-corrected chi connectivity index (χ2v) is 6.26. The number of aliphatic imine (C=N–C) groups is 1. The first-order valence-corrected chi connectivity index (χ1v) is 7.73. The maximum atomic E-state index is 5.89. The minimum absolute atomic E-state index is 0.786. The van der Waals surface area contributed by atoms with E-state index in [-0.39, 0.29) is 0 Å². The molecule has 3 nitrogen and oxygen atoms in total. The predicted molar refractivity (Wildman–Crippen MR) is 86.1 cm³/mol. The number of halogens is 1. The number of benzene rings is 1. The highest BCUT2D eigenvalue weighted by molar-refractivity contribution is 7.17. The molecule has 1 aromatic heterocycles. The van der Waals surface area contributed by atoms with Crippen LogP contribution in [0.25, 0.3) is 0 Å². The van der Waals surface area contributed by atoms with Gasteiger partial charge in [0.15, 0.2) is 0 Å². The van der Waals surface area contributed by atoms with Gasteiger partial charge >= 0.3 is 0 Å². The predicted octanol–water partition coefficient (Wildman–Crippen LogP) is 3.99. The fourth-order valence-corrected chi connectivity index (χ4v) is 3.04. The van der Waals surface area contributed by atoms with Crippen LogP contribution >= 0.6 is 22.9 Å². The van der Waals surface area contributed by atoms with Gasteiger partial charge < -0.3 is 9.64 Å². The zero-order valence-electron chi connectivity index (χ0n) is 11.0. The summed E-state index contributed by atoms with van der Waals surface area (Å²) in [7, 11) is 0. The first kappa shape index (κ1) is 13.6. The van der Waals surface area contributed by atoms with Crippen molar-refractivity contribution in [3.63, 3.8) is 0 Å². The van der Waals surface area contributed by atoms with Crippen LogP contribution < -0.4 is 4.90 Å². The average molecular weight is 307 g/mol. The molecular formula is C15H15ClN2OS. The summed E-state index contributed by atoms with van der Waals surface area (Å²) < 4.78 is 6.15. The largest absolute Gasteiger partial charge is 0.378 e. The number of hydrogen-bond acceptors (Lipinski definition) is 4. The van der Waals surface area contributed by atoms with Crippen molar-refractivity contribution < 1.29 is 4.74 Å². The molecule has 0 spiro atoms. The molecule has 0 N–H and O–H groups in total. The molecule has 0 amide bonds. The van der Waals surface area contributed by atoms with Crippen LogP contribution in [-0.4, -0.2) is 32.5 Å². The van der Waals surface area contributed by atoms with E-state index in [0.717, 1.165) is 41.2 Å². The summed E-state index contributed by atoms with van der Waals surface area (Å²) in [5.74, 6) is 0. The Kier molecular flexibility index (Phi) is 4.35. The Labute approximate surface area is 127 Å². The molecule has 1 fully saturated rings. The van der Waals surface area contributed by atoms with E-state index in [9.17, 15) is 0 Å². The van der Waals surface area contributed by atoms with Gasteiger partial charge in [-0.15, -0.1) is 11.3 Å². The third-order valence-corrected chi connectivity index (χ3v) is 4.33. The number of ether oxygens (including phenoxy) is 1. The summed E-state index contributed by atoms with van der Waals surface area (Å²) in [6.07, 6.45) is 1.85. The molecule has 0 aliphatic carbocycles. The van der Waals surface area contributed by atoms with E-state index in [0.29, 0.717) is 0 Å². The molecule has 20 heavy (non-hydrogen) atoms. The minimum Gasteiger partial charge on any atom is -0.378 e. The second kappa shape index (κ2) is 6.39. The lowest BCUT2D eigenvalue weighted by Gasteiger charge is -2.28. The van der Waals surface area contributed by atoms with Gasteiger partial charge in [-0.05, 0) is 36.4 Å². The summed E-state index contributed by atoms with van der Waals surface area (Å²) >= 11 is 7.42. The van der Waals surface area contributed by atoms with Crippen molar-refractivity contribution >= 4 is 40.5 Å². The SMILES string of the molecule is Clc1ccc(C=Nc2ccc(N3CCOCC3)cc2)s1. The van der Waals surface area contributed by atoms with Gasteiger partial charge in [0.25, 0.3) is 0 Å². The van der Waals surface area contributed by atoms with Crippen molar-refractivity contribution in [1.82, 2.24) is 0 Å². The smallest absolute Gasteiger partial charge is 0.0935 e. The molecular weight excluding hydrogens is 292 g/mol. The molecule has 104 valence electrons. The van der Waals surface area contributed by atoms with Gasteiger partial charge in [-0.1, -0.05) is 11.6 Å². The Morgan fingerprint density at radius 1 is 1.10 bits per heavy atom. The third-order valence-electron chi connectivity index (χ3n) is 3.16. The molecule has 3 rings (SSSR count). The summed E-state index contributed by atoms with van der Waals surface area (Å²) in [6.45, 7) is 3.52. The summed E-state index contributed by atoms with van der Waals surface area (Å²) in [5, 5.41) is 0. The third kappa shape index (κ3) is 3.39. The van der Waals surface area contributed by atoms with Crippen LogP contribution in [0.1, 0.15) is 4.88 Å².